The van der Waals surface area contributed by atoms with Gasteiger partial charge in [-0.1, -0.05) is 12.2 Å². The van der Waals surface area contributed by atoms with E-state index < -0.39 is 12.0 Å². The largest absolute Gasteiger partial charge is 0.467 e. The quantitative estimate of drug-likeness (QED) is 0.551. The molecule has 5 nitrogen and oxygen atoms in total. The number of ether oxygens (including phenoxy) is 1. The predicted molar refractivity (Wildman–Crippen MR) is 62.1 cm³/mol. The first-order chi connectivity index (χ1) is 8.02. The number of methoxy groups -OCH3 is 1. The maximum atomic E-state index is 11.5. The first-order valence-electron chi connectivity index (χ1n) is 5.74. The molecule has 0 aliphatic heterocycles. The third kappa shape index (κ3) is 4.56. The van der Waals surface area contributed by atoms with Crippen LogP contribution in [-0.2, 0) is 14.3 Å². The first-order valence-corrected chi connectivity index (χ1v) is 5.74. The summed E-state index contributed by atoms with van der Waals surface area (Å²) in [7, 11) is 1.30. The van der Waals surface area contributed by atoms with E-state index in [9.17, 15) is 14.7 Å². The molecule has 0 aromatic carbocycles. The lowest BCUT2D eigenvalue weighted by Crippen LogP contribution is -2.41. The number of aliphatic hydroxyl groups is 1. The van der Waals surface area contributed by atoms with Crippen molar-refractivity contribution in [3.05, 3.63) is 12.2 Å². The van der Waals surface area contributed by atoms with Crippen molar-refractivity contribution in [1.82, 2.24) is 5.32 Å². The number of rotatable bonds is 4. The summed E-state index contributed by atoms with van der Waals surface area (Å²) in [4.78, 5) is 22.5. The highest BCUT2D eigenvalue weighted by atomic mass is 16.5. The van der Waals surface area contributed by atoms with E-state index in [4.69, 9.17) is 0 Å². The molecule has 1 amide bonds. The van der Waals surface area contributed by atoms with Gasteiger partial charge in [0.05, 0.1) is 13.2 Å². The Morgan fingerprint density at radius 2 is 2.18 bits per heavy atom. The summed E-state index contributed by atoms with van der Waals surface area (Å²) in [6.07, 6.45) is 5.25. The van der Waals surface area contributed by atoms with Gasteiger partial charge in [0.2, 0.25) is 5.91 Å². The van der Waals surface area contributed by atoms with E-state index in [-0.39, 0.29) is 17.9 Å². The summed E-state index contributed by atoms with van der Waals surface area (Å²) >= 11 is 0. The number of aliphatic hydroxyl groups excluding tert-OH is 1. The molecule has 0 aromatic heterocycles. The summed E-state index contributed by atoms with van der Waals surface area (Å²) in [6.45, 7) is 1.37. The van der Waals surface area contributed by atoms with Crippen LogP contribution >= 0.6 is 0 Å². The van der Waals surface area contributed by atoms with Gasteiger partial charge in [-0.25, -0.2) is 4.79 Å². The number of hydrogen-bond donors (Lipinski definition) is 2. The van der Waals surface area contributed by atoms with Crippen molar-refractivity contribution >= 4 is 11.9 Å². The summed E-state index contributed by atoms with van der Waals surface area (Å²) in [5, 5.41) is 11.9. The predicted octanol–water partition coefficient (Wildman–Crippen LogP) is 0.381. The van der Waals surface area contributed by atoms with Crippen molar-refractivity contribution in [1.29, 1.82) is 0 Å². The van der Waals surface area contributed by atoms with Gasteiger partial charge < -0.3 is 15.2 Å². The third-order valence-corrected chi connectivity index (χ3v) is 2.84. The SMILES string of the molecule is COC(=O)[C@H](C[C@H]1C=C[C@@H](O)CC1)NC(C)=O. The van der Waals surface area contributed by atoms with E-state index in [1.54, 1.807) is 6.08 Å². The Balaban J connectivity index is 2.56. The number of hydrogen-bond acceptors (Lipinski definition) is 4. The topological polar surface area (TPSA) is 75.6 Å². The van der Waals surface area contributed by atoms with E-state index in [1.165, 1.54) is 14.0 Å². The van der Waals surface area contributed by atoms with Crippen LogP contribution in [0.5, 0.6) is 0 Å². The van der Waals surface area contributed by atoms with E-state index in [0.29, 0.717) is 12.8 Å². The van der Waals surface area contributed by atoms with Gasteiger partial charge in [0.1, 0.15) is 6.04 Å². The summed E-state index contributed by atoms with van der Waals surface area (Å²) in [6, 6.07) is -0.609. The Morgan fingerprint density at radius 1 is 1.47 bits per heavy atom. The van der Waals surface area contributed by atoms with E-state index in [1.807, 2.05) is 6.08 Å². The van der Waals surface area contributed by atoms with Crippen molar-refractivity contribution in [3.63, 3.8) is 0 Å². The maximum Gasteiger partial charge on any atom is 0.328 e. The fraction of sp³-hybridized carbons (Fsp3) is 0.667. The Morgan fingerprint density at radius 3 is 2.65 bits per heavy atom. The van der Waals surface area contributed by atoms with Gasteiger partial charge in [-0.2, -0.15) is 0 Å². The Hall–Kier alpha value is -1.36. The van der Waals surface area contributed by atoms with Crippen LogP contribution in [0.4, 0.5) is 0 Å². The molecule has 2 N–H and O–H groups in total. The minimum Gasteiger partial charge on any atom is -0.467 e. The molecular weight excluding hydrogens is 222 g/mol. The maximum absolute atomic E-state index is 11.5. The lowest BCUT2D eigenvalue weighted by molar-refractivity contribution is -0.145. The van der Waals surface area contributed by atoms with Crippen molar-refractivity contribution < 1.29 is 19.4 Å². The number of carbonyl (C=O) groups excluding carboxylic acids is 2. The molecule has 17 heavy (non-hydrogen) atoms. The average Bonchev–Trinajstić information content (AvgIpc) is 2.29. The van der Waals surface area contributed by atoms with Gasteiger partial charge in [0, 0.05) is 6.92 Å². The molecule has 0 aromatic rings. The Bertz CT molecular complexity index is 314. The molecular formula is C12H19NO4. The average molecular weight is 241 g/mol. The van der Waals surface area contributed by atoms with Gasteiger partial charge in [0.25, 0.3) is 0 Å². The molecule has 1 rings (SSSR count). The number of amides is 1. The van der Waals surface area contributed by atoms with Gasteiger partial charge in [-0.15, -0.1) is 0 Å². The molecule has 3 atom stereocenters. The molecule has 0 unspecified atom stereocenters. The molecule has 1 aliphatic rings. The van der Waals surface area contributed by atoms with Crippen LogP contribution in [0.2, 0.25) is 0 Å². The number of esters is 1. The number of nitrogens with one attached hydrogen (secondary N) is 1. The second kappa shape index (κ2) is 6.39. The minimum absolute atomic E-state index is 0.189. The van der Waals surface area contributed by atoms with Gasteiger partial charge >= 0.3 is 5.97 Å². The summed E-state index contributed by atoms with van der Waals surface area (Å²) < 4.78 is 4.65. The second-order valence-corrected chi connectivity index (χ2v) is 4.30. The molecule has 0 heterocycles. The monoisotopic (exact) mass is 241 g/mol. The van der Waals surface area contributed by atoms with Crippen molar-refractivity contribution in [3.8, 4) is 0 Å². The van der Waals surface area contributed by atoms with Gasteiger partial charge in [-0.3, -0.25) is 4.79 Å². The van der Waals surface area contributed by atoms with Crippen molar-refractivity contribution in [2.75, 3.05) is 7.11 Å². The molecule has 0 saturated carbocycles. The zero-order chi connectivity index (χ0) is 12.8. The fourth-order valence-corrected chi connectivity index (χ4v) is 1.96. The highest BCUT2D eigenvalue weighted by molar-refractivity contribution is 5.83. The van der Waals surface area contributed by atoms with Gasteiger partial charge in [-0.05, 0) is 25.2 Å². The zero-order valence-electron chi connectivity index (χ0n) is 10.2. The third-order valence-electron chi connectivity index (χ3n) is 2.84. The normalized spacial score (nSPS) is 25.1. The smallest absolute Gasteiger partial charge is 0.328 e. The highest BCUT2D eigenvalue weighted by Crippen LogP contribution is 2.22. The molecule has 0 bridgehead atoms. The number of carbonyl (C=O) groups is 2. The molecule has 0 saturated heterocycles. The summed E-state index contributed by atoms with van der Waals surface area (Å²) in [5.74, 6) is -0.491. The molecule has 0 radical (unpaired) electrons. The molecule has 96 valence electrons. The lowest BCUT2D eigenvalue weighted by Gasteiger charge is -2.23. The molecule has 0 spiro atoms. The minimum atomic E-state index is -0.609. The van der Waals surface area contributed by atoms with E-state index in [2.05, 4.69) is 10.1 Å². The van der Waals surface area contributed by atoms with Crippen LogP contribution in [0.3, 0.4) is 0 Å². The van der Waals surface area contributed by atoms with Crippen LogP contribution in [0.15, 0.2) is 12.2 Å². The van der Waals surface area contributed by atoms with Crippen molar-refractivity contribution in [2.24, 2.45) is 5.92 Å². The Kier molecular flexibility index (Phi) is 5.15. The standard InChI is InChI=1S/C12H19NO4/c1-8(14)13-11(12(16)17-2)7-9-3-5-10(15)6-4-9/h3,5,9-11,15H,4,6-7H2,1-2H3,(H,13,14)/t9-,10+,11-/m0/s1. The zero-order valence-corrected chi connectivity index (χ0v) is 10.2. The second-order valence-electron chi connectivity index (χ2n) is 4.30. The summed E-state index contributed by atoms with van der Waals surface area (Å²) in [5.41, 5.74) is 0. The van der Waals surface area contributed by atoms with Crippen LogP contribution < -0.4 is 5.32 Å². The van der Waals surface area contributed by atoms with Crippen LogP contribution in [-0.4, -0.2) is 36.2 Å². The van der Waals surface area contributed by atoms with Crippen molar-refractivity contribution in [2.45, 2.75) is 38.3 Å². The lowest BCUT2D eigenvalue weighted by atomic mass is 9.89. The fourth-order valence-electron chi connectivity index (χ4n) is 1.96. The molecule has 5 heteroatoms. The van der Waals surface area contributed by atoms with Crippen LogP contribution in [0.25, 0.3) is 0 Å². The first kappa shape index (κ1) is 13.7. The molecule has 0 fully saturated rings. The van der Waals surface area contributed by atoms with Gasteiger partial charge in [0.15, 0.2) is 0 Å². The number of allylic oxidation sites excluding steroid dienone is 1. The highest BCUT2D eigenvalue weighted by Gasteiger charge is 2.25. The molecule has 1 aliphatic carbocycles. The Labute approximate surface area is 101 Å². The van der Waals surface area contributed by atoms with Crippen LogP contribution in [0.1, 0.15) is 26.2 Å². The van der Waals surface area contributed by atoms with Crippen LogP contribution in [0, 0.1) is 5.92 Å². The van der Waals surface area contributed by atoms with E-state index >= 15 is 0 Å². The van der Waals surface area contributed by atoms with E-state index in [0.717, 1.165) is 6.42 Å².